The van der Waals surface area contributed by atoms with E-state index in [9.17, 15) is 14.4 Å². The number of carboxylic acids is 1. The summed E-state index contributed by atoms with van der Waals surface area (Å²) in [7, 11) is 1.62. The first kappa shape index (κ1) is 22.6. The van der Waals surface area contributed by atoms with Crippen molar-refractivity contribution >= 4 is 23.8 Å². The van der Waals surface area contributed by atoms with Gasteiger partial charge in [0.05, 0.1) is 6.10 Å². The lowest BCUT2D eigenvalue weighted by Gasteiger charge is -2.38. The average molecular weight is 476 g/mol. The van der Waals surface area contributed by atoms with Crippen LogP contribution in [0, 0.1) is 0 Å². The molecule has 2 heterocycles. The van der Waals surface area contributed by atoms with Gasteiger partial charge in [-0.2, -0.15) is 5.10 Å². The number of rotatable bonds is 7. The quantitative estimate of drug-likeness (QED) is 0.537. The molecule has 180 valence electrons. The topological polar surface area (TPSA) is 123 Å². The minimum Gasteiger partial charge on any atom is -0.480 e. The summed E-state index contributed by atoms with van der Waals surface area (Å²) in [6.07, 6.45) is -0.947. The molecule has 1 aliphatic carbocycles. The van der Waals surface area contributed by atoms with Crippen LogP contribution in [0.5, 0.6) is 0 Å². The van der Waals surface area contributed by atoms with Crippen molar-refractivity contribution in [3.8, 4) is 11.1 Å². The Balaban J connectivity index is 1.18. The van der Waals surface area contributed by atoms with Crippen LogP contribution in [0.25, 0.3) is 11.1 Å². The van der Waals surface area contributed by atoms with Crippen molar-refractivity contribution in [3.63, 3.8) is 0 Å². The van der Waals surface area contributed by atoms with Crippen LogP contribution >= 0.6 is 0 Å². The number of fused-ring (bicyclic) bond motifs is 3. The largest absolute Gasteiger partial charge is 0.480 e. The maximum absolute atomic E-state index is 12.6. The van der Waals surface area contributed by atoms with E-state index in [0.717, 1.165) is 22.3 Å². The van der Waals surface area contributed by atoms with Crippen LogP contribution in [0.3, 0.4) is 0 Å². The number of ether oxygens (including phenoxy) is 2. The van der Waals surface area contributed by atoms with Crippen molar-refractivity contribution in [2.45, 2.75) is 12.0 Å². The molecule has 2 aliphatic rings. The molecule has 2 N–H and O–H groups in total. The van der Waals surface area contributed by atoms with Crippen LogP contribution in [0.15, 0.2) is 54.6 Å². The summed E-state index contributed by atoms with van der Waals surface area (Å²) in [4.78, 5) is 37.3. The van der Waals surface area contributed by atoms with Crippen LogP contribution < -0.4 is 5.32 Å². The van der Waals surface area contributed by atoms with Gasteiger partial charge in [0.2, 0.25) is 0 Å². The second-order valence-corrected chi connectivity index (χ2v) is 8.53. The first-order valence-corrected chi connectivity index (χ1v) is 11.2. The van der Waals surface area contributed by atoms with E-state index in [2.05, 4.69) is 22.5 Å². The van der Waals surface area contributed by atoms with Gasteiger partial charge in [-0.05, 0) is 22.3 Å². The highest BCUT2D eigenvalue weighted by atomic mass is 16.5. The smallest absolute Gasteiger partial charge is 0.412 e. The van der Waals surface area contributed by atoms with Gasteiger partial charge in [-0.25, -0.2) is 9.59 Å². The molecule has 1 saturated heterocycles. The van der Waals surface area contributed by atoms with Gasteiger partial charge in [0.1, 0.15) is 19.0 Å². The Morgan fingerprint density at radius 1 is 1.06 bits per heavy atom. The summed E-state index contributed by atoms with van der Waals surface area (Å²) in [5, 5.41) is 15.5. The summed E-state index contributed by atoms with van der Waals surface area (Å²) in [6.45, 7) is 0.356. The highest BCUT2D eigenvalue weighted by Gasteiger charge is 2.34. The number of aryl methyl sites for hydroxylation is 1. The summed E-state index contributed by atoms with van der Waals surface area (Å²) < 4.78 is 12.1. The van der Waals surface area contributed by atoms with Crippen molar-refractivity contribution in [1.82, 2.24) is 14.7 Å². The van der Waals surface area contributed by atoms with E-state index >= 15 is 0 Å². The second kappa shape index (κ2) is 9.22. The lowest BCUT2D eigenvalue weighted by atomic mass is 9.98. The number of amides is 2. The molecular formula is C25H24N4O6. The fourth-order valence-electron chi connectivity index (χ4n) is 4.49. The molecule has 1 aromatic heterocycles. The normalized spacial score (nSPS) is 14.7. The molecule has 10 nitrogen and oxygen atoms in total. The number of aromatic nitrogens is 2. The second-order valence-electron chi connectivity index (χ2n) is 8.53. The van der Waals surface area contributed by atoms with Crippen molar-refractivity contribution in [2.24, 2.45) is 7.05 Å². The zero-order valence-electron chi connectivity index (χ0n) is 19.0. The zero-order valence-corrected chi connectivity index (χ0v) is 19.0. The van der Waals surface area contributed by atoms with Gasteiger partial charge in [0, 0.05) is 32.1 Å². The Labute approximate surface area is 201 Å². The SMILES string of the molecule is Cn1nc(C(=O)N2CC(OCC(=O)O)C2)cc1NC(=O)OCC1c2ccccc2-c2ccccc21. The van der Waals surface area contributed by atoms with Gasteiger partial charge >= 0.3 is 12.1 Å². The van der Waals surface area contributed by atoms with Crippen LogP contribution in [-0.2, 0) is 21.3 Å². The van der Waals surface area contributed by atoms with E-state index in [1.165, 1.54) is 15.6 Å². The summed E-state index contributed by atoms with van der Waals surface area (Å²) >= 11 is 0. The number of nitrogens with one attached hydrogen (secondary N) is 1. The number of carboxylic acid groups (broad SMARTS) is 1. The third kappa shape index (κ3) is 4.47. The standard InChI is InChI=1S/C25H24N4O6/c1-28-22(10-21(27-28)24(32)29-11-15(12-29)34-14-23(30)31)26-25(33)35-13-20-18-8-4-2-6-16(18)17-7-3-5-9-19(17)20/h2-10,15,20H,11-14H2,1H3,(H,26,33)(H,30,31). The van der Waals surface area contributed by atoms with Gasteiger partial charge in [-0.15, -0.1) is 0 Å². The van der Waals surface area contributed by atoms with E-state index in [1.54, 1.807) is 7.05 Å². The minimum absolute atomic E-state index is 0.0560. The average Bonchev–Trinajstić information content (AvgIpc) is 3.34. The minimum atomic E-state index is -1.05. The predicted molar refractivity (Wildman–Crippen MR) is 125 cm³/mol. The lowest BCUT2D eigenvalue weighted by Crippen LogP contribution is -2.55. The van der Waals surface area contributed by atoms with Crippen LogP contribution in [0.2, 0.25) is 0 Å². The summed E-state index contributed by atoms with van der Waals surface area (Å²) in [5.74, 6) is -1.11. The van der Waals surface area contributed by atoms with Gasteiger partial charge < -0.3 is 19.5 Å². The molecule has 0 spiro atoms. The number of nitrogens with zero attached hydrogens (tertiary/aromatic N) is 3. The van der Waals surface area contributed by atoms with Crippen LogP contribution in [-0.4, -0.2) is 70.2 Å². The van der Waals surface area contributed by atoms with E-state index < -0.39 is 18.7 Å². The monoisotopic (exact) mass is 476 g/mol. The summed E-state index contributed by atoms with van der Waals surface area (Å²) in [5.41, 5.74) is 4.70. The molecule has 2 amide bonds. The van der Waals surface area contributed by atoms with Gasteiger partial charge in [-0.3, -0.25) is 14.8 Å². The lowest BCUT2D eigenvalue weighted by molar-refractivity contribution is -0.147. The number of carbonyl (C=O) groups excluding carboxylic acids is 2. The Bertz CT molecular complexity index is 1250. The van der Waals surface area contributed by atoms with Crippen molar-refractivity contribution < 1.29 is 29.0 Å². The third-order valence-corrected chi connectivity index (χ3v) is 6.25. The molecule has 5 rings (SSSR count). The Hall–Kier alpha value is -4.18. The van der Waals surface area contributed by atoms with E-state index in [1.807, 2.05) is 36.4 Å². The van der Waals surface area contributed by atoms with Crippen molar-refractivity contribution in [2.75, 3.05) is 31.6 Å². The number of hydrogen-bond donors (Lipinski definition) is 2. The molecule has 3 aromatic rings. The molecule has 0 atom stereocenters. The molecule has 1 aliphatic heterocycles. The number of aliphatic carboxylic acids is 1. The molecule has 1 fully saturated rings. The van der Waals surface area contributed by atoms with Gasteiger partial charge in [0.15, 0.2) is 5.69 Å². The number of anilines is 1. The first-order valence-electron chi connectivity index (χ1n) is 11.2. The molecule has 0 unspecified atom stereocenters. The number of likely N-dealkylation sites (tertiary alicyclic amines) is 1. The van der Waals surface area contributed by atoms with E-state index in [4.69, 9.17) is 14.6 Å². The molecule has 10 heteroatoms. The maximum atomic E-state index is 12.6. The Morgan fingerprint density at radius 3 is 2.31 bits per heavy atom. The first-order chi connectivity index (χ1) is 16.9. The molecule has 0 radical (unpaired) electrons. The Kier molecular flexibility index (Phi) is 5.96. The van der Waals surface area contributed by atoms with Gasteiger partial charge in [-0.1, -0.05) is 48.5 Å². The number of hydrogen-bond acceptors (Lipinski definition) is 6. The highest BCUT2D eigenvalue weighted by Crippen LogP contribution is 2.44. The molecule has 0 bridgehead atoms. The van der Waals surface area contributed by atoms with Crippen LogP contribution in [0.4, 0.5) is 10.6 Å². The zero-order chi connectivity index (χ0) is 24.5. The molecule has 0 saturated carbocycles. The predicted octanol–water partition coefficient (Wildman–Crippen LogP) is 2.71. The third-order valence-electron chi connectivity index (χ3n) is 6.25. The fourth-order valence-corrected chi connectivity index (χ4v) is 4.49. The molecular weight excluding hydrogens is 452 g/mol. The maximum Gasteiger partial charge on any atom is 0.412 e. The number of benzene rings is 2. The van der Waals surface area contributed by atoms with Gasteiger partial charge in [0.25, 0.3) is 5.91 Å². The highest BCUT2D eigenvalue weighted by molar-refractivity contribution is 5.95. The van der Waals surface area contributed by atoms with Crippen molar-refractivity contribution in [1.29, 1.82) is 0 Å². The van der Waals surface area contributed by atoms with E-state index in [0.29, 0.717) is 5.82 Å². The van der Waals surface area contributed by atoms with Crippen LogP contribution in [0.1, 0.15) is 27.5 Å². The Morgan fingerprint density at radius 2 is 1.69 bits per heavy atom. The fraction of sp³-hybridized carbons (Fsp3) is 0.280. The van der Waals surface area contributed by atoms with Crippen molar-refractivity contribution in [3.05, 3.63) is 71.4 Å². The number of carbonyl (C=O) groups is 3. The summed E-state index contributed by atoms with van der Waals surface area (Å²) in [6, 6.07) is 17.7. The van der Waals surface area contributed by atoms with E-state index in [-0.39, 0.29) is 43.3 Å². The molecule has 35 heavy (non-hydrogen) atoms. The molecule has 2 aromatic carbocycles.